The number of methoxy groups -OCH3 is 1. The molecule has 2 aromatic rings. The van der Waals surface area contributed by atoms with Crippen LogP contribution in [0, 0.1) is 6.92 Å². The summed E-state index contributed by atoms with van der Waals surface area (Å²) in [5.41, 5.74) is 1.63. The fraction of sp³-hybridized carbons (Fsp3) is 0.267. The van der Waals surface area contributed by atoms with Gasteiger partial charge in [-0.1, -0.05) is 0 Å². The second-order valence-corrected chi connectivity index (χ2v) is 4.58. The molecule has 5 nitrogen and oxygen atoms in total. The van der Waals surface area contributed by atoms with E-state index in [1.54, 1.807) is 20.1 Å². The van der Waals surface area contributed by atoms with Crippen LogP contribution >= 0.6 is 0 Å². The second kappa shape index (κ2) is 5.69. The number of carboxylic acids is 1. The maximum Gasteiger partial charge on any atom is 0.372 e. The van der Waals surface area contributed by atoms with Crippen LogP contribution in [0.1, 0.15) is 21.9 Å². The minimum absolute atomic E-state index is 0.00290. The first kappa shape index (κ1) is 14.0. The Morgan fingerprint density at radius 1 is 1.35 bits per heavy atom. The van der Waals surface area contributed by atoms with Gasteiger partial charge in [-0.2, -0.15) is 0 Å². The van der Waals surface area contributed by atoms with Crippen LogP contribution < -0.4 is 9.64 Å². The van der Waals surface area contributed by atoms with E-state index >= 15 is 0 Å². The number of ether oxygens (including phenoxy) is 1. The van der Waals surface area contributed by atoms with Gasteiger partial charge in [0.05, 0.1) is 13.7 Å². The molecule has 1 aromatic carbocycles. The summed E-state index contributed by atoms with van der Waals surface area (Å²) in [6, 6.07) is 9.38. The molecule has 106 valence electrons. The summed E-state index contributed by atoms with van der Waals surface area (Å²) in [6.07, 6.45) is 0. The van der Waals surface area contributed by atoms with Gasteiger partial charge in [0.25, 0.3) is 0 Å². The van der Waals surface area contributed by atoms with E-state index in [2.05, 4.69) is 0 Å². The largest absolute Gasteiger partial charge is 0.497 e. The van der Waals surface area contributed by atoms with Gasteiger partial charge in [0.1, 0.15) is 11.5 Å². The van der Waals surface area contributed by atoms with Crippen LogP contribution in [0.3, 0.4) is 0 Å². The molecule has 5 heteroatoms. The topological polar surface area (TPSA) is 62.9 Å². The highest BCUT2D eigenvalue weighted by Gasteiger charge is 2.15. The molecule has 1 N–H and O–H groups in total. The Morgan fingerprint density at radius 2 is 2.00 bits per heavy atom. The molecule has 20 heavy (non-hydrogen) atoms. The molecular formula is C15H17NO4. The Hall–Kier alpha value is -2.43. The van der Waals surface area contributed by atoms with E-state index in [0.29, 0.717) is 17.9 Å². The van der Waals surface area contributed by atoms with Crippen LogP contribution in [0.15, 0.2) is 34.7 Å². The quantitative estimate of drug-likeness (QED) is 0.909. The van der Waals surface area contributed by atoms with Crippen LogP contribution in [0.2, 0.25) is 0 Å². The van der Waals surface area contributed by atoms with Crippen molar-refractivity contribution in [1.82, 2.24) is 0 Å². The van der Waals surface area contributed by atoms with Gasteiger partial charge in [-0.3, -0.25) is 0 Å². The molecule has 0 fully saturated rings. The van der Waals surface area contributed by atoms with E-state index in [-0.39, 0.29) is 5.76 Å². The molecular weight excluding hydrogens is 258 g/mol. The third-order valence-corrected chi connectivity index (χ3v) is 3.07. The monoisotopic (exact) mass is 275 g/mol. The number of hydrogen-bond donors (Lipinski definition) is 1. The average Bonchev–Trinajstić information content (AvgIpc) is 2.79. The highest BCUT2D eigenvalue weighted by atomic mass is 16.5. The van der Waals surface area contributed by atoms with Crippen molar-refractivity contribution in [2.24, 2.45) is 0 Å². The van der Waals surface area contributed by atoms with E-state index in [1.807, 2.05) is 36.2 Å². The summed E-state index contributed by atoms with van der Waals surface area (Å²) in [5, 5.41) is 8.97. The molecule has 0 saturated carbocycles. The van der Waals surface area contributed by atoms with Crippen molar-refractivity contribution in [3.05, 3.63) is 47.4 Å². The fourth-order valence-electron chi connectivity index (χ4n) is 2.00. The highest BCUT2D eigenvalue weighted by Crippen LogP contribution is 2.21. The predicted molar refractivity (Wildman–Crippen MR) is 75.5 cm³/mol. The van der Waals surface area contributed by atoms with Gasteiger partial charge in [-0.05, 0) is 37.3 Å². The van der Waals surface area contributed by atoms with Gasteiger partial charge < -0.3 is 19.2 Å². The molecule has 0 bridgehead atoms. The number of aryl methyl sites for hydroxylation is 1. The number of hydrogen-bond acceptors (Lipinski definition) is 4. The summed E-state index contributed by atoms with van der Waals surface area (Å²) >= 11 is 0. The SMILES string of the molecule is COc1ccc(N(C)Cc2cc(C)c(C(=O)O)o2)cc1. The number of carbonyl (C=O) groups is 1. The molecule has 0 atom stereocenters. The second-order valence-electron chi connectivity index (χ2n) is 4.58. The first-order valence-electron chi connectivity index (χ1n) is 6.19. The van der Waals surface area contributed by atoms with Crippen molar-refractivity contribution in [3.63, 3.8) is 0 Å². The van der Waals surface area contributed by atoms with Gasteiger partial charge in [-0.25, -0.2) is 4.79 Å². The number of rotatable bonds is 5. The van der Waals surface area contributed by atoms with Gasteiger partial charge >= 0.3 is 5.97 Å². The molecule has 1 aromatic heterocycles. The van der Waals surface area contributed by atoms with Crippen LogP contribution in [-0.4, -0.2) is 25.2 Å². The van der Waals surface area contributed by atoms with Crippen molar-refractivity contribution in [1.29, 1.82) is 0 Å². The lowest BCUT2D eigenvalue weighted by Crippen LogP contribution is -2.15. The van der Waals surface area contributed by atoms with Gasteiger partial charge in [-0.15, -0.1) is 0 Å². The van der Waals surface area contributed by atoms with Gasteiger partial charge in [0.15, 0.2) is 0 Å². The Balaban J connectivity index is 2.12. The normalized spacial score (nSPS) is 10.3. The van der Waals surface area contributed by atoms with Crippen molar-refractivity contribution < 1.29 is 19.1 Å². The smallest absolute Gasteiger partial charge is 0.372 e. The first-order valence-corrected chi connectivity index (χ1v) is 6.19. The van der Waals surface area contributed by atoms with Crippen molar-refractivity contribution >= 4 is 11.7 Å². The standard InChI is InChI=1S/C15H17NO4/c1-10-8-13(20-14(10)15(17)18)9-16(2)11-4-6-12(19-3)7-5-11/h4-8H,9H2,1-3H3,(H,17,18). The summed E-state index contributed by atoms with van der Waals surface area (Å²) < 4.78 is 10.5. The number of anilines is 1. The summed E-state index contributed by atoms with van der Waals surface area (Å²) in [6.45, 7) is 2.23. The number of furan rings is 1. The zero-order valence-electron chi connectivity index (χ0n) is 11.7. The maximum absolute atomic E-state index is 10.9. The lowest BCUT2D eigenvalue weighted by atomic mass is 10.2. The van der Waals surface area contributed by atoms with Crippen molar-refractivity contribution in [2.45, 2.75) is 13.5 Å². The number of nitrogens with zero attached hydrogens (tertiary/aromatic N) is 1. The lowest BCUT2D eigenvalue weighted by Gasteiger charge is -2.18. The van der Waals surface area contributed by atoms with Crippen LogP contribution in [0.5, 0.6) is 5.75 Å². The summed E-state index contributed by atoms with van der Waals surface area (Å²) in [7, 11) is 3.54. The molecule has 0 amide bonds. The molecule has 0 spiro atoms. The summed E-state index contributed by atoms with van der Waals surface area (Å²) in [5.74, 6) is 0.381. The zero-order valence-corrected chi connectivity index (χ0v) is 11.7. The fourth-order valence-corrected chi connectivity index (χ4v) is 2.00. The van der Waals surface area contributed by atoms with E-state index in [0.717, 1.165) is 11.4 Å². The minimum Gasteiger partial charge on any atom is -0.497 e. The molecule has 0 aliphatic heterocycles. The maximum atomic E-state index is 10.9. The zero-order chi connectivity index (χ0) is 14.7. The Morgan fingerprint density at radius 3 is 2.50 bits per heavy atom. The Labute approximate surface area is 117 Å². The lowest BCUT2D eigenvalue weighted by molar-refractivity contribution is 0.0659. The third kappa shape index (κ3) is 2.93. The van der Waals surface area contributed by atoms with Gasteiger partial charge in [0.2, 0.25) is 5.76 Å². The molecule has 2 rings (SSSR count). The molecule has 0 aliphatic rings. The molecule has 0 unspecified atom stereocenters. The molecule has 1 heterocycles. The van der Waals surface area contributed by atoms with Crippen LogP contribution in [0.4, 0.5) is 5.69 Å². The van der Waals surface area contributed by atoms with Gasteiger partial charge in [0, 0.05) is 18.3 Å². The summed E-state index contributed by atoms with van der Waals surface area (Å²) in [4.78, 5) is 12.9. The van der Waals surface area contributed by atoms with E-state index in [1.165, 1.54) is 0 Å². The van der Waals surface area contributed by atoms with Crippen molar-refractivity contribution in [3.8, 4) is 5.75 Å². The predicted octanol–water partition coefficient (Wildman–Crippen LogP) is 2.93. The minimum atomic E-state index is -1.04. The number of benzene rings is 1. The average molecular weight is 275 g/mol. The van der Waals surface area contributed by atoms with Crippen molar-refractivity contribution in [2.75, 3.05) is 19.1 Å². The first-order chi connectivity index (χ1) is 9.51. The number of carboxylic acid groups (broad SMARTS) is 1. The number of aromatic carboxylic acids is 1. The third-order valence-electron chi connectivity index (χ3n) is 3.07. The van der Waals surface area contributed by atoms with E-state index in [9.17, 15) is 4.79 Å². The van der Waals surface area contributed by atoms with E-state index in [4.69, 9.17) is 14.3 Å². The Bertz CT molecular complexity index is 601. The van der Waals surface area contributed by atoms with E-state index < -0.39 is 5.97 Å². The molecule has 0 saturated heterocycles. The molecule has 0 aliphatic carbocycles. The van der Waals surface area contributed by atoms with Crippen LogP contribution in [0.25, 0.3) is 0 Å². The molecule has 0 radical (unpaired) electrons. The van der Waals surface area contributed by atoms with Crippen LogP contribution in [-0.2, 0) is 6.54 Å². The highest BCUT2D eigenvalue weighted by molar-refractivity contribution is 5.86. The Kier molecular flexibility index (Phi) is 3.98.